The van der Waals surface area contributed by atoms with Gasteiger partial charge < -0.3 is 10.2 Å². The third kappa shape index (κ3) is 4.62. The van der Waals surface area contributed by atoms with Crippen LogP contribution in [0.5, 0.6) is 0 Å². The first-order valence-electron chi connectivity index (χ1n) is 9.04. The molecule has 14 heteroatoms. The summed E-state index contributed by atoms with van der Waals surface area (Å²) in [4.78, 5) is 23.1. The number of amides is 1. The first-order valence-corrected chi connectivity index (χ1v) is 10.5. The number of alkyl halides is 3. The molecule has 2 heterocycles. The Morgan fingerprint density at radius 1 is 1.29 bits per heavy atom. The molecule has 1 aliphatic heterocycles. The van der Waals surface area contributed by atoms with Gasteiger partial charge >= 0.3 is 5.51 Å². The Balaban J connectivity index is 1.74. The fourth-order valence-electron chi connectivity index (χ4n) is 3.29. The number of nitrogens with one attached hydrogen (secondary N) is 1. The van der Waals surface area contributed by atoms with Crippen molar-refractivity contribution >= 4 is 27.1 Å². The minimum atomic E-state index is -5.70. The molecule has 0 unspecified atom stereocenters. The van der Waals surface area contributed by atoms with Gasteiger partial charge in [0, 0.05) is 38.4 Å². The summed E-state index contributed by atoms with van der Waals surface area (Å²) in [6, 6.07) is 1.94. The summed E-state index contributed by atoms with van der Waals surface area (Å²) >= 11 is 0. The van der Waals surface area contributed by atoms with Crippen molar-refractivity contribution in [1.29, 1.82) is 0 Å². The molecule has 1 saturated heterocycles. The normalized spacial score (nSPS) is 15.7. The second-order valence-electron chi connectivity index (χ2n) is 6.99. The molecule has 0 atom stereocenters. The van der Waals surface area contributed by atoms with E-state index in [-0.39, 0.29) is 30.7 Å². The number of piperidine rings is 1. The van der Waals surface area contributed by atoms with Gasteiger partial charge in [-0.05, 0) is 25.0 Å². The number of rotatable bonds is 5. The van der Waals surface area contributed by atoms with Crippen molar-refractivity contribution < 1.29 is 31.3 Å². The van der Waals surface area contributed by atoms with Crippen LogP contribution in [0.4, 0.5) is 24.5 Å². The zero-order valence-electron chi connectivity index (χ0n) is 16.2. The van der Waals surface area contributed by atoms with Crippen LogP contribution in [-0.4, -0.2) is 53.7 Å². The molecule has 0 saturated carbocycles. The van der Waals surface area contributed by atoms with Crippen LogP contribution in [0, 0.1) is 10.1 Å². The number of sulfone groups is 1. The summed E-state index contributed by atoms with van der Waals surface area (Å²) in [6.07, 6.45) is 3.85. The van der Waals surface area contributed by atoms with Crippen molar-refractivity contribution in [3.63, 3.8) is 0 Å². The van der Waals surface area contributed by atoms with E-state index in [1.807, 2.05) is 0 Å². The molecule has 1 amide bonds. The molecule has 10 nitrogen and oxygen atoms in total. The molecular formula is C17H18F3N5O5S. The number of hydrogen-bond acceptors (Lipinski definition) is 7. The number of carbonyl (C=O) groups excluding carboxylic acids is 1. The Kier molecular flexibility index (Phi) is 5.93. The predicted octanol–water partition coefficient (Wildman–Crippen LogP) is 2.02. The van der Waals surface area contributed by atoms with E-state index < -0.39 is 30.9 Å². The van der Waals surface area contributed by atoms with Gasteiger partial charge in [0.1, 0.15) is 5.69 Å². The lowest BCUT2D eigenvalue weighted by Gasteiger charge is -2.33. The van der Waals surface area contributed by atoms with Crippen LogP contribution in [-0.2, 0) is 16.9 Å². The van der Waals surface area contributed by atoms with Gasteiger partial charge in [0.05, 0.1) is 21.6 Å². The van der Waals surface area contributed by atoms with E-state index in [0.29, 0.717) is 30.5 Å². The van der Waals surface area contributed by atoms with Crippen LogP contribution < -0.4 is 10.2 Å². The number of nitrogens with zero attached hydrogens (tertiary/aromatic N) is 4. The average molecular weight is 461 g/mol. The molecule has 0 radical (unpaired) electrons. The Morgan fingerprint density at radius 3 is 2.45 bits per heavy atom. The Labute approximate surface area is 174 Å². The Hall–Kier alpha value is -3.16. The smallest absolute Gasteiger partial charge is 0.366 e. The van der Waals surface area contributed by atoms with Crippen molar-refractivity contribution in [1.82, 2.24) is 15.1 Å². The van der Waals surface area contributed by atoms with Gasteiger partial charge in [-0.15, -0.1) is 0 Å². The number of aryl methyl sites for hydroxylation is 1. The summed E-state index contributed by atoms with van der Waals surface area (Å²) in [6.45, 7) is 0.564. The van der Waals surface area contributed by atoms with Gasteiger partial charge in [0.2, 0.25) is 0 Å². The molecule has 3 rings (SSSR count). The first-order chi connectivity index (χ1) is 14.4. The van der Waals surface area contributed by atoms with Crippen LogP contribution in [0.1, 0.15) is 23.2 Å². The van der Waals surface area contributed by atoms with Gasteiger partial charge in [-0.25, -0.2) is 8.42 Å². The van der Waals surface area contributed by atoms with Crippen molar-refractivity contribution in [3.8, 4) is 0 Å². The van der Waals surface area contributed by atoms with Crippen LogP contribution >= 0.6 is 0 Å². The van der Waals surface area contributed by atoms with Gasteiger partial charge in [-0.2, -0.15) is 18.3 Å². The quantitative estimate of drug-likeness (QED) is 0.533. The lowest BCUT2D eigenvalue weighted by Crippen LogP contribution is -2.44. The van der Waals surface area contributed by atoms with E-state index in [1.165, 1.54) is 10.9 Å². The van der Waals surface area contributed by atoms with Gasteiger partial charge in [0.25, 0.3) is 21.4 Å². The highest BCUT2D eigenvalue weighted by atomic mass is 32.2. The fraction of sp³-hybridized carbons (Fsp3) is 0.412. The van der Waals surface area contributed by atoms with Crippen LogP contribution in [0.15, 0.2) is 35.5 Å². The third-order valence-corrected chi connectivity index (χ3v) is 6.38. The highest BCUT2D eigenvalue weighted by molar-refractivity contribution is 7.92. The highest BCUT2D eigenvalue weighted by Crippen LogP contribution is 2.36. The molecular weight excluding hydrogens is 443 g/mol. The van der Waals surface area contributed by atoms with E-state index >= 15 is 0 Å². The van der Waals surface area contributed by atoms with Gasteiger partial charge in [-0.1, -0.05) is 0 Å². The van der Waals surface area contributed by atoms with Gasteiger partial charge in [-0.3, -0.25) is 19.6 Å². The Morgan fingerprint density at radius 2 is 1.94 bits per heavy atom. The molecule has 168 valence electrons. The molecule has 2 aromatic rings. The second kappa shape index (κ2) is 8.17. The second-order valence-corrected chi connectivity index (χ2v) is 8.94. The maximum Gasteiger partial charge on any atom is 0.501 e. The number of nitro groups is 1. The number of carbonyl (C=O) groups is 1. The van der Waals surface area contributed by atoms with E-state index in [9.17, 15) is 36.5 Å². The molecule has 0 bridgehead atoms. The summed E-state index contributed by atoms with van der Waals surface area (Å²) in [5.74, 6) is -0.306. The molecule has 1 N–H and O–H groups in total. The van der Waals surface area contributed by atoms with Crippen LogP contribution in [0.3, 0.4) is 0 Å². The maximum absolute atomic E-state index is 12.8. The summed E-state index contributed by atoms with van der Waals surface area (Å²) in [5.41, 5.74) is -5.89. The predicted molar refractivity (Wildman–Crippen MR) is 102 cm³/mol. The lowest BCUT2D eigenvalue weighted by molar-refractivity contribution is -0.384. The number of halogens is 3. The lowest BCUT2D eigenvalue weighted by atomic mass is 10.0. The molecule has 1 fully saturated rings. The maximum atomic E-state index is 12.8. The van der Waals surface area contributed by atoms with E-state index in [1.54, 1.807) is 18.1 Å². The van der Waals surface area contributed by atoms with Crippen molar-refractivity contribution in [2.45, 2.75) is 29.3 Å². The van der Waals surface area contributed by atoms with Crippen LogP contribution in [0.2, 0.25) is 0 Å². The number of anilines is 1. The van der Waals surface area contributed by atoms with Gasteiger partial charge in [0.15, 0.2) is 0 Å². The van der Waals surface area contributed by atoms with Crippen LogP contribution in [0.25, 0.3) is 0 Å². The largest absolute Gasteiger partial charge is 0.501 e. The standard InChI is InChI=1S/C17H18F3N5O5S/c1-23-10-11(9-21-23)16(26)22-12-4-6-24(7-5-12)14-3-2-13(8-15(14)25(27)28)31(29,30)17(18,19)20/h2-3,8-10,12H,4-7H2,1H3,(H,22,26). The van der Waals surface area contributed by atoms with Crippen molar-refractivity contribution in [3.05, 3.63) is 46.3 Å². The summed E-state index contributed by atoms with van der Waals surface area (Å²) in [5, 5.41) is 18.2. The minimum absolute atomic E-state index is 0.0168. The minimum Gasteiger partial charge on any atom is -0.366 e. The molecule has 1 aromatic heterocycles. The van der Waals surface area contributed by atoms with Crippen molar-refractivity contribution in [2.24, 2.45) is 7.05 Å². The molecule has 1 aromatic carbocycles. The van der Waals surface area contributed by atoms with E-state index in [4.69, 9.17) is 0 Å². The topological polar surface area (TPSA) is 127 Å². The SMILES string of the molecule is Cn1cc(C(=O)NC2CCN(c3ccc(S(=O)(=O)C(F)(F)F)cc3[N+](=O)[O-])CC2)cn1. The fourth-order valence-corrected chi connectivity index (χ4v) is 4.07. The number of hydrogen-bond donors (Lipinski definition) is 1. The molecule has 0 aliphatic carbocycles. The molecule has 31 heavy (non-hydrogen) atoms. The molecule has 0 spiro atoms. The number of aromatic nitrogens is 2. The number of nitro benzene ring substituents is 1. The molecule has 1 aliphatic rings. The Bertz CT molecular complexity index is 1110. The average Bonchev–Trinajstić information content (AvgIpc) is 3.14. The summed E-state index contributed by atoms with van der Waals surface area (Å²) in [7, 11) is -4.03. The third-order valence-electron chi connectivity index (χ3n) is 4.90. The van der Waals surface area contributed by atoms with Crippen molar-refractivity contribution in [2.75, 3.05) is 18.0 Å². The zero-order valence-corrected chi connectivity index (χ0v) is 17.0. The van der Waals surface area contributed by atoms with E-state index in [2.05, 4.69) is 10.4 Å². The highest BCUT2D eigenvalue weighted by Gasteiger charge is 2.47. The monoisotopic (exact) mass is 461 g/mol. The summed E-state index contributed by atoms with van der Waals surface area (Å²) < 4.78 is 62.9. The zero-order chi connectivity index (χ0) is 23.0. The first kappa shape index (κ1) is 22.5. The number of benzene rings is 1. The van der Waals surface area contributed by atoms with E-state index in [0.717, 1.165) is 6.07 Å².